The monoisotopic (exact) mass is 249 g/mol. The fourth-order valence-corrected chi connectivity index (χ4v) is 2.71. The van der Waals surface area contributed by atoms with Crippen LogP contribution in [0.1, 0.15) is 27.6 Å². The number of hydrogen-bond donors (Lipinski definition) is 1. The molecule has 0 saturated heterocycles. The number of hydrogen-bond acceptors (Lipinski definition) is 2. The zero-order chi connectivity index (χ0) is 12.4. The largest absolute Gasteiger partial charge is 0.309 e. The predicted octanol–water partition coefficient (Wildman–Crippen LogP) is 3.81. The standard InChI is InChI=1S/C14H16FNS/c1-9-4-5-12(13(15)6-9)14(16-3)11-7-10(2)17-8-11/h4-8,14,16H,1-3H3. The molecule has 1 atom stereocenters. The maximum atomic E-state index is 13.9. The lowest BCUT2D eigenvalue weighted by atomic mass is 9.99. The summed E-state index contributed by atoms with van der Waals surface area (Å²) < 4.78 is 13.9. The smallest absolute Gasteiger partial charge is 0.128 e. The summed E-state index contributed by atoms with van der Waals surface area (Å²) in [4.78, 5) is 1.24. The van der Waals surface area contributed by atoms with Crippen molar-refractivity contribution in [1.29, 1.82) is 0 Å². The number of benzene rings is 1. The molecule has 0 fully saturated rings. The zero-order valence-corrected chi connectivity index (χ0v) is 11.1. The van der Waals surface area contributed by atoms with Crippen LogP contribution in [0.4, 0.5) is 4.39 Å². The van der Waals surface area contributed by atoms with Crippen molar-refractivity contribution >= 4 is 11.3 Å². The molecule has 2 rings (SSSR count). The molecular weight excluding hydrogens is 233 g/mol. The summed E-state index contributed by atoms with van der Waals surface area (Å²) in [7, 11) is 1.86. The van der Waals surface area contributed by atoms with E-state index in [1.54, 1.807) is 17.4 Å². The van der Waals surface area contributed by atoms with E-state index in [0.717, 1.165) is 11.1 Å². The number of rotatable bonds is 3. The van der Waals surface area contributed by atoms with E-state index in [0.29, 0.717) is 5.56 Å². The molecule has 0 aliphatic carbocycles. The molecule has 17 heavy (non-hydrogen) atoms. The molecule has 1 aromatic heterocycles. The molecule has 0 aliphatic heterocycles. The van der Waals surface area contributed by atoms with Crippen molar-refractivity contribution in [3.8, 4) is 0 Å². The maximum absolute atomic E-state index is 13.9. The summed E-state index contributed by atoms with van der Waals surface area (Å²) in [5, 5.41) is 5.25. The summed E-state index contributed by atoms with van der Waals surface area (Å²) >= 11 is 1.69. The topological polar surface area (TPSA) is 12.0 Å². The van der Waals surface area contributed by atoms with E-state index < -0.39 is 0 Å². The van der Waals surface area contributed by atoms with Crippen molar-refractivity contribution in [3.63, 3.8) is 0 Å². The van der Waals surface area contributed by atoms with Gasteiger partial charge in [-0.15, -0.1) is 11.3 Å². The van der Waals surface area contributed by atoms with Crippen LogP contribution in [-0.4, -0.2) is 7.05 Å². The fraction of sp³-hybridized carbons (Fsp3) is 0.286. The van der Waals surface area contributed by atoms with E-state index in [-0.39, 0.29) is 11.9 Å². The lowest BCUT2D eigenvalue weighted by Gasteiger charge is -2.16. The Labute approximate surface area is 105 Å². The highest BCUT2D eigenvalue weighted by atomic mass is 32.1. The van der Waals surface area contributed by atoms with Crippen LogP contribution >= 0.6 is 11.3 Å². The third kappa shape index (κ3) is 2.56. The Morgan fingerprint density at radius 2 is 2.00 bits per heavy atom. The third-order valence-electron chi connectivity index (χ3n) is 2.84. The summed E-state index contributed by atoms with van der Waals surface area (Å²) in [5.41, 5.74) is 2.77. The van der Waals surface area contributed by atoms with Crippen LogP contribution < -0.4 is 5.32 Å². The highest BCUT2D eigenvalue weighted by Crippen LogP contribution is 2.28. The van der Waals surface area contributed by atoms with E-state index in [2.05, 4.69) is 23.7 Å². The quantitative estimate of drug-likeness (QED) is 0.872. The van der Waals surface area contributed by atoms with Crippen molar-refractivity contribution in [1.82, 2.24) is 5.32 Å². The lowest BCUT2D eigenvalue weighted by molar-refractivity contribution is 0.576. The maximum Gasteiger partial charge on any atom is 0.128 e. The van der Waals surface area contributed by atoms with E-state index in [1.807, 2.05) is 26.1 Å². The van der Waals surface area contributed by atoms with Crippen LogP contribution in [0.2, 0.25) is 0 Å². The first-order chi connectivity index (χ1) is 8.11. The third-order valence-corrected chi connectivity index (χ3v) is 3.72. The van der Waals surface area contributed by atoms with Crippen LogP contribution in [0.3, 0.4) is 0 Å². The Morgan fingerprint density at radius 3 is 2.53 bits per heavy atom. The van der Waals surface area contributed by atoms with E-state index >= 15 is 0 Å². The molecule has 0 saturated carbocycles. The van der Waals surface area contributed by atoms with Crippen LogP contribution in [-0.2, 0) is 0 Å². The van der Waals surface area contributed by atoms with Crippen LogP contribution in [0.5, 0.6) is 0 Å². The second-order valence-electron chi connectivity index (χ2n) is 4.24. The molecule has 0 radical (unpaired) electrons. The summed E-state index contributed by atoms with van der Waals surface area (Å²) in [5.74, 6) is -0.145. The highest BCUT2D eigenvalue weighted by molar-refractivity contribution is 7.10. The molecule has 2 aromatic rings. The summed E-state index contributed by atoms with van der Waals surface area (Å²) in [6.07, 6.45) is 0. The SMILES string of the molecule is CNC(c1csc(C)c1)c1ccc(C)cc1F. The van der Waals surface area contributed by atoms with Crippen LogP contribution in [0.15, 0.2) is 29.6 Å². The fourth-order valence-electron chi connectivity index (χ4n) is 1.98. The molecule has 1 unspecified atom stereocenters. The Hall–Kier alpha value is -1.19. The van der Waals surface area contributed by atoms with Gasteiger partial charge >= 0.3 is 0 Å². The van der Waals surface area contributed by atoms with Gasteiger partial charge in [0, 0.05) is 10.4 Å². The number of aryl methyl sites for hydroxylation is 2. The van der Waals surface area contributed by atoms with Crippen molar-refractivity contribution < 1.29 is 4.39 Å². The lowest BCUT2D eigenvalue weighted by Crippen LogP contribution is -2.18. The average Bonchev–Trinajstić information content (AvgIpc) is 2.69. The highest BCUT2D eigenvalue weighted by Gasteiger charge is 2.16. The number of thiophene rings is 1. The molecule has 90 valence electrons. The first kappa shape index (κ1) is 12.3. The van der Waals surface area contributed by atoms with Gasteiger partial charge in [0.2, 0.25) is 0 Å². The molecule has 3 heteroatoms. The van der Waals surface area contributed by atoms with Gasteiger partial charge in [-0.3, -0.25) is 0 Å². The van der Waals surface area contributed by atoms with Gasteiger partial charge in [-0.1, -0.05) is 12.1 Å². The molecule has 0 bridgehead atoms. The van der Waals surface area contributed by atoms with Crippen molar-refractivity contribution in [3.05, 3.63) is 57.0 Å². The second kappa shape index (κ2) is 4.98. The first-order valence-corrected chi connectivity index (χ1v) is 6.48. The van der Waals surface area contributed by atoms with Gasteiger partial charge in [-0.2, -0.15) is 0 Å². The minimum Gasteiger partial charge on any atom is -0.309 e. The number of nitrogens with one attached hydrogen (secondary N) is 1. The zero-order valence-electron chi connectivity index (χ0n) is 10.3. The van der Waals surface area contributed by atoms with Gasteiger partial charge in [-0.05, 0) is 49.5 Å². The van der Waals surface area contributed by atoms with E-state index in [1.165, 1.54) is 4.88 Å². The van der Waals surface area contributed by atoms with Gasteiger partial charge in [0.25, 0.3) is 0 Å². The van der Waals surface area contributed by atoms with Gasteiger partial charge < -0.3 is 5.32 Å². The normalized spacial score (nSPS) is 12.7. The van der Waals surface area contributed by atoms with Gasteiger partial charge in [0.15, 0.2) is 0 Å². The van der Waals surface area contributed by atoms with E-state index in [4.69, 9.17) is 0 Å². The molecule has 1 N–H and O–H groups in total. The van der Waals surface area contributed by atoms with Crippen molar-refractivity contribution in [2.24, 2.45) is 0 Å². The minimum atomic E-state index is -0.145. The van der Waals surface area contributed by atoms with Gasteiger partial charge in [0.05, 0.1) is 6.04 Å². The molecule has 0 amide bonds. The molecule has 0 aliphatic rings. The van der Waals surface area contributed by atoms with Crippen LogP contribution in [0.25, 0.3) is 0 Å². The molecule has 1 nitrogen and oxygen atoms in total. The second-order valence-corrected chi connectivity index (χ2v) is 5.35. The Balaban J connectivity index is 2.42. The Kier molecular flexibility index (Phi) is 3.60. The Bertz CT molecular complexity index is 519. The minimum absolute atomic E-state index is 0.0689. The van der Waals surface area contributed by atoms with Crippen LogP contribution in [0, 0.1) is 19.7 Å². The Morgan fingerprint density at radius 1 is 1.24 bits per heavy atom. The molecule has 1 aromatic carbocycles. The molecule has 1 heterocycles. The van der Waals surface area contributed by atoms with Gasteiger partial charge in [0.1, 0.15) is 5.82 Å². The predicted molar refractivity (Wildman–Crippen MR) is 71.1 cm³/mol. The van der Waals surface area contributed by atoms with Crippen molar-refractivity contribution in [2.75, 3.05) is 7.05 Å². The van der Waals surface area contributed by atoms with Gasteiger partial charge in [-0.25, -0.2) is 4.39 Å². The van der Waals surface area contributed by atoms with E-state index in [9.17, 15) is 4.39 Å². The first-order valence-electron chi connectivity index (χ1n) is 5.60. The van der Waals surface area contributed by atoms with Crippen molar-refractivity contribution in [2.45, 2.75) is 19.9 Å². The summed E-state index contributed by atoms with van der Waals surface area (Å²) in [6.45, 7) is 3.96. The molecular formula is C14H16FNS. The number of halogens is 1. The molecule has 0 spiro atoms. The summed E-state index contributed by atoms with van der Waals surface area (Å²) in [6, 6.07) is 7.42. The average molecular weight is 249 g/mol.